The minimum atomic E-state index is -4.59. The van der Waals surface area contributed by atoms with Crippen molar-refractivity contribution < 1.29 is 18.0 Å². The van der Waals surface area contributed by atoms with Crippen LogP contribution in [0.1, 0.15) is 17.3 Å². The van der Waals surface area contributed by atoms with Gasteiger partial charge in [-0.25, -0.2) is 0 Å². The normalized spacial score (nSPS) is 12.0. The Morgan fingerprint density at radius 2 is 1.46 bits per heavy atom. The molecule has 1 aromatic heterocycles. The number of aromatic nitrogens is 1. The van der Waals surface area contributed by atoms with E-state index in [1.807, 2.05) is 12.1 Å². The van der Waals surface area contributed by atoms with Crippen molar-refractivity contribution in [2.75, 3.05) is 0 Å². The molecule has 0 saturated heterocycles. The van der Waals surface area contributed by atoms with E-state index < -0.39 is 17.6 Å². The van der Waals surface area contributed by atoms with Crippen molar-refractivity contribution in [1.29, 1.82) is 0 Å². The number of fused-ring (bicyclic) bond motifs is 2. The molecule has 0 unspecified atom stereocenters. The molecule has 0 radical (unpaired) electrons. The van der Waals surface area contributed by atoms with Crippen LogP contribution in [0.4, 0.5) is 13.2 Å². The van der Waals surface area contributed by atoms with Crippen LogP contribution in [0.2, 0.25) is 0 Å². The van der Waals surface area contributed by atoms with Gasteiger partial charge >= 0.3 is 6.18 Å². The lowest BCUT2D eigenvalue weighted by molar-refractivity contribution is -0.135. The van der Waals surface area contributed by atoms with Crippen molar-refractivity contribution in [3.8, 4) is 11.3 Å². The number of halogens is 3. The quantitative estimate of drug-likeness (QED) is 0.403. The maximum Gasteiger partial charge on any atom is 0.419 e. The summed E-state index contributed by atoms with van der Waals surface area (Å²) in [6, 6.07) is 18.6. The Labute approximate surface area is 147 Å². The van der Waals surface area contributed by atoms with Crippen molar-refractivity contribution in [3.05, 3.63) is 72.3 Å². The molecular weight excluding hydrogens is 339 g/mol. The number of carbonyl (C=O) groups excluding carboxylic acids is 1. The molecule has 26 heavy (non-hydrogen) atoms. The van der Waals surface area contributed by atoms with Gasteiger partial charge in [0.25, 0.3) is 0 Å². The molecule has 4 aromatic rings. The highest BCUT2D eigenvalue weighted by atomic mass is 19.4. The van der Waals surface area contributed by atoms with Crippen LogP contribution in [-0.4, -0.2) is 10.5 Å². The molecule has 0 spiro atoms. The summed E-state index contributed by atoms with van der Waals surface area (Å²) in [4.78, 5) is 12.3. The Hall–Kier alpha value is -3.08. The lowest BCUT2D eigenvalue weighted by Gasteiger charge is -2.11. The van der Waals surface area contributed by atoms with E-state index in [1.54, 1.807) is 48.5 Å². The van der Waals surface area contributed by atoms with Crippen LogP contribution in [0, 0.1) is 0 Å². The molecule has 0 fully saturated rings. The lowest BCUT2D eigenvalue weighted by atomic mass is 10.0. The molecule has 0 atom stereocenters. The second kappa shape index (κ2) is 5.73. The van der Waals surface area contributed by atoms with Gasteiger partial charge in [0.2, 0.25) is 5.91 Å². The molecule has 2 nitrogen and oxygen atoms in total. The topological polar surface area (TPSA) is 22.0 Å². The van der Waals surface area contributed by atoms with Gasteiger partial charge in [-0.2, -0.15) is 13.2 Å². The monoisotopic (exact) mass is 353 g/mol. The summed E-state index contributed by atoms with van der Waals surface area (Å²) in [6.45, 7) is 1.28. The van der Waals surface area contributed by atoms with E-state index >= 15 is 0 Å². The highest BCUT2D eigenvalue weighted by Gasteiger charge is 2.39. The molecule has 0 aliphatic carbocycles. The Bertz CT molecular complexity index is 1140. The third-order valence-electron chi connectivity index (χ3n) is 4.48. The Morgan fingerprint density at radius 3 is 2.04 bits per heavy atom. The van der Waals surface area contributed by atoms with Gasteiger partial charge in [-0.1, -0.05) is 54.6 Å². The fraction of sp³-hybridized carbons (Fsp3) is 0.0952. The summed E-state index contributed by atoms with van der Waals surface area (Å²) >= 11 is 0. The summed E-state index contributed by atoms with van der Waals surface area (Å²) in [5.41, 5.74) is -0.270. The summed E-state index contributed by atoms with van der Waals surface area (Å²) in [5, 5.41) is 1.52. The van der Waals surface area contributed by atoms with Gasteiger partial charge in [0.05, 0.1) is 16.8 Å². The first-order chi connectivity index (χ1) is 12.4. The summed E-state index contributed by atoms with van der Waals surface area (Å²) in [6.07, 6.45) is -4.59. The summed E-state index contributed by atoms with van der Waals surface area (Å²) in [5.74, 6) is -0.459. The minimum absolute atomic E-state index is 0.0326. The molecule has 1 heterocycles. The number of hydrogen-bond acceptors (Lipinski definition) is 1. The Balaban J connectivity index is 2.25. The van der Waals surface area contributed by atoms with E-state index in [1.165, 1.54) is 17.6 Å². The fourth-order valence-electron chi connectivity index (χ4n) is 3.46. The van der Waals surface area contributed by atoms with Crippen LogP contribution in [0.25, 0.3) is 32.9 Å². The van der Waals surface area contributed by atoms with E-state index in [2.05, 4.69) is 0 Å². The van der Waals surface area contributed by atoms with E-state index in [4.69, 9.17) is 0 Å². The van der Waals surface area contributed by atoms with E-state index in [0.29, 0.717) is 10.9 Å². The third kappa shape index (κ3) is 2.47. The van der Waals surface area contributed by atoms with Gasteiger partial charge < -0.3 is 0 Å². The zero-order valence-corrected chi connectivity index (χ0v) is 13.8. The molecule has 0 N–H and O–H groups in total. The van der Waals surface area contributed by atoms with Gasteiger partial charge in [0.15, 0.2) is 0 Å². The molecular formula is C21H14F3NO. The average Bonchev–Trinajstić information content (AvgIpc) is 2.95. The number of rotatable bonds is 1. The van der Waals surface area contributed by atoms with Crippen LogP contribution in [-0.2, 0) is 6.18 Å². The summed E-state index contributed by atoms with van der Waals surface area (Å²) in [7, 11) is 0. The van der Waals surface area contributed by atoms with Crippen molar-refractivity contribution in [2.45, 2.75) is 13.1 Å². The molecule has 0 aliphatic heterocycles. The van der Waals surface area contributed by atoms with Crippen LogP contribution >= 0.6 is 0 Å². The molecule has 0 saturated carbocycles. The molecule has 0 amide bonds. The van der Waals surface area contributed by atoms with Gasteiger partial charge in [0.1, 0.15) is 0 Å². The van der Waals surface area contributed by atoms with Gasteiger partial charge in [-0.3, -0.25) is 9.36 Å². The predicted octanol–water partition coefficient (Wildman–Crippen LogP) is 6.14. The maximum absolute atomic E-state index is 14.0. The van der Waals surface area contributed by atoms with Gasteiger partial charge in [0, 0.05) is 12.3 Å². The molecule has 0 bridgehead atoms. The number of alkyl halides is 3. The maximum atomic E-state index is 14.0. The van der Waals surface area contributed by atoms with E-state index in [-0.39, 0.29) is 16.6 Å². The number of nitrogens with zero attached hydrogens (tertiary/aromatic N) is 1. The highest BCUT2D eigenvalue weighted by Crippen LogP contribution is 2.44. The average molecular weight is 353 g/mol. The lowest BCUT2D eigenvalue weighted by Crippen LogP contribution is -2.11. The van der Waals surface area contributed by atoms with Crippen molar-refractivity contribution >= 4 is 27.6 Å². The molecule has 0 aliphatic rings. The third-order valence-corrected chi connectivity index (χ3v) is 4.48. The van der Waals surface area contributed by atoms with Crippen LogP contribution in [0.5, 0.6) is 0 Å². The summed E-state index contributed by atoms with van der Waals surface area (Å²) < 4.78 is 43.2. The second-order valence-electron chi connectivity index (χ2n) is 6.16. The molecule has 3 aromatic carbocycles. The number of benzene rings is 3. The number of hydrogen-bond donors (Lipinski definition) is 0. The van der Waals surface area contributed by atoms with Crippen molar-refractivity contribution in [2.24, 2.45) is 0 Å². The SMILES string of the molecule is CC(=O)n1c(-c2ccccc2)c(C(F)(F)F)c2cc3ccccc3cc21. The Kier molecular flexibility index (Phi) is 3.61. The largest absolute Gasteiger partial charge is 0.419 e. The molecule has 5 heteroatoms. The molecule has 4 rings (SSSR count). The minimum Gasteiger partial charge on any atom is -0.279 e. The second-order valence-corrected chi connectivity index (χ2v) is 6.16. The highest BCUT2D eigenvalue weighted by molar-refractivity contribution is 6.06. The van der Waals surface area contributed by atoms with Crippen molar-refractivity contribution in [1.82, 2.24) is 4.57 Å². The standard InChI is InChI=1S/C21H14F3NO/c1-13(26)25-18-12-16-10-6-5-9-15(16)11-17(18)19(21(22,23)24)20(25)14-7-3-2-4-8-14/h2-12H,1H3. The van der Waals surface area contributed by atoms with Gasteiger partial charge in [-0.15, -0.1) is 0 Å². The first-order valence-electron chi connectivity index (χ1n) is 8.08. The van der Waals surface area contributed by atoms with E-state index in [9.17, 15) is 18.0 Å². The fourth-order valence-corrected chi connectivity index (χ4v) is 3.46. The zero-order valence-electron chi connectivity index (χ0n) is 13.8. The number of carbonyl (C=O) groups is 1. The van der Waals surface area contributed by atoms with Crippen LogP contribution in [0.3, 0.4) is 0 Å². The first kappa shape index (κ1) is 16.4. The van der Waals surface area contributed by atoms with Crippen molar-refractivity contribution in [3.63, 3.8) is 0 Å². The zero-order chi connectivity index (χ0) is 18.5. The van der Waals surface area contributed by atoms with Crippen LogP contribution < -0.4 is 0 Å². The van der Waals surface area contributed by atoms with Gasteiger partial charge in [-0.05, 0) is 28.5 Å². The Morgan fingerprint density at radius 1 is 0.885 bits per heavy atom. The molecule has 130 valence electrons. The van der Waals surface area contributed by atoms with E-state index in [0.717, 1.165) is 5.39 Å². The first-order valence-corrected chi connectivity index (χ1v) is 8.08. The van der Waals surface area contributed by atoms with Crippen LogP contribution in [0.15, 0.2) is 66.7 Å². The smallest absolute Gasteiger partial charge is 0.279 e. The predicted molar refractivity (Wildman–Crippen MR) is 96.2 cm³/mol.